The minimum Gasteiger partial charge on any atom is -0.406 e. The van der Waals surface area contributed by atoms with E-state index in [0.717, 1.165) is 11.1 Å². The first-order valence-electron chi connectivity index (χ1n) is 9.03. The fourth-order valence-corrected chi connectivity index (χ4v) is 3.12. The van der Waals surface area contributed by atoms with Gasteiger partial charge in [0.1, 0.15) is 24.3 Å². The zero-order valence-corrected chi connectivity index (χ0v) is 16.1. The fraction of sp³-hybridized carbons (Fsp3) is 0.227. The normalized spacial score (nSPS) is 13.3. The molecule has 0 fully saturated rings. The number of rotatable bonds is 7. The maximum absolute atomic E-state index is 12.3. The van der Waals surface area contributed by atoms with Gasteiger partial charge in [0, 0.05) is 29.7 Å². The summed E-state index contributed by atoms with van der Waals surface area (Å²) in [6, 6.07) is 9.18. The summed E-state index contributed by atoms with van der Waals surface area (Å²) in [7, 11) is 0. The average molecular weight is 413 g/mol. The molecule has 1 atom stereocenters. The van der Waals surface area contributed by atoms with E-state index in [1.54, 1.807) is 24.7 Å². The molecule has 1 unspecified atom stereocenters. The van der Waals surface area contributed by atoms with Gasteiger partial charge in [0.2, 0.25) is 0 Å². The van der Waals surface area contributed by atoms with Crippen molar-refractivity contribution >= 4 is 0 Å². The molecule has 8 heteroatoms. The van der Waals surface area contributed by atoms with Crippen LogP contribution in [-0.2, 0) is 10.3 Å². The molecular formula is C22H18F3N3O2. The van der Waals surface area contributed by atoms with Gasteiger partial charge >= 0.3 is 6.36 Å². The smallest absolute Gasteiger partial charge is 0.406 e. The Kier molecular flexibility index (Phi) is 6.33. The monoisotopic (exact) mass is 413 g/mol. The van der Waals surface area contributed by atoms with Crippen molar-refractivity contribution in [2.45, 2.75) is 25.3 Å². The third kappa shape index (κ3) is 4.75. The molecule has 0 aliphatic rings. The zero-order valence-electron chi connectivity index (χ0n) is 16.1. The summed E-state index contributed by atoms with van der Waals surface area (Å²) in [5.74, 6) is 2.19. The highest BCUT2D eigenvalue weighted by Gasteiger charge is 2.36. The zero-order chi connectivity index (χ0) is 21.6. The van der Waals surface area contributed by atoms with Crippen LogP contribution in [0.1, 0.15) is 24.6 Å². The van der Waals surface area contributed by atoms with Crippen molar-refractivity contribution in [3.63, 3.8) is 0 Å². The topological polar surface area (TPSA) is 57.1 Å². The van der Waals surface area contributed by atoms with Crippen molar-refractivity contribution in [3.8, 4) is 29.2 Å². The van der Waals surface area contributed by atoms with Crippen LogP contribution in [0.3, 0.4) is 0 Å². The van der Waals surface area contributed by atoms with E-state index < -0.39 is 12.0 Å². The predicted molar refractivity (Wildman–Crippen MR) is 104 cm³/mol. The molecule has 0 bridgehead atoms. The summed E-state index contributed by atoms with van der Waals surface area (Å²) < 4.78 is 46.9. The molecule has 154 valence electrons. The molecule has 0 saturated carbocycles. The van der Waals surface area contributed by atoms with Crippen molar-refractivity contribution in [2.75, 3.05) is 6.61 Å². The van der Waals surface area contributed by atoms with Crippen molar-refractivity contribution < 1.29 is 22.6 Å². The van der Waals surface area contributed by atoms with E-state index >= 15 is 0 Å². The third-order valence-electron chi connectivity index (χ3n) is 4.53. The molecule has 1 aromatic carbocycles. The Balaban J connectivity index is 1.91. The van der Waals surface area contributed by atoms with Gasteiger partial charge in [-0.15, -0.1) is 19.6 Å². The van der Waals surface area contributed by atoms with Crippen LogP contribution in [0.4, 0.5) is 13.2 Å². The number of nitrogens with zero attached hydrogens (tertiary/aromatic N) is 3. The van der Waals surface area contributed by atoms with Crippen LogP contribution in [0.2, 0.25) is 0 Å². The quantitative estimate of drug-likeness (QED) is 0.524. The lowest BCUT2D eigenvalue weighted by atomic mass is 9.88. The SMILES string of the molecule is C#CCOC(CC)(c1cncnc1)c1ccc(-c2ccc(OC(F)(F)F)cc2)cn1. The molecule has 2 heterocycles. The van der Waals surface area contributed by atoms with Crippen LogP contribution in [-0.4, -0.2) is 27.9 Å². The Morgan fingerprint density at radius 2 is 1.63 bits per heavy atom. The first kappa shape index (κ1) is 21.3. The highest BCUT2D eigenvalue weighted by Crippen LogP contribution is 2.36. The van der Waals surface area contributed by atoms with Crippen LogP contribution in [0.15, 0.2) is 61.3 Å². The average Bonchev–Trinajstić information content (AvgIpc) is 2.75. The van der Waals surface area contributed by atoms with Crippen molar-refractivity contribution in [1.29, 1.82) is 0 Å². The first-order valence-corrected chi connectivity index (χ1v) is 9.03. The van der Waals surface area contributed by atoms with Crippen LogP contribution >= 0.6 is 0 Å². The number of hydrogen-bond acceptors (Lipinski definition) is 5. The van der Waals surface area contributed by atoms with E-state index in [2.05, 4.69) is 25.6 Å². The van der Waals surface area contributed by atoms with E-state index in [1.807, 2.05) is 13.0 Å². The molecule has 30 heavy (non-hydrogen) atoms. The van der Waals surface area contributed by atoms with Gasteiger partial charge in [0.15, 0.2) is 0 Å². The van der Waals surface area contributed by atoms with E-state index in [1.165, 1.54) is 30.6 Å². The molecule has 3 aromatic rings. The molecule has 0 radical (unpaired) electrons. The second-order valence-corrected chi connectivity index (χ2v) is 6.30. The first-order chi connectivity index (χ1) is 14.4. The summed E-state index contributed by atoms with van der Waals surface area (Å²) in [5.41, 5.74) is 1.84. The minimum atomic E-state index is -4.73. The van der Waals surface area contributed by atoms with Crippen LogP contribution in [0.25, 0.3) is 11.1 Å². The predicted octanol–water partition coefficient (Wildman–Crippen LogP) is 4.74. The maximum Gasteiger partial charge on any atom is 0.573 e. The number of benzene rings is 1. The molecule has 0 aliphatic heterocycles. The fourth-order valence-electron chi connectivity index (χ4n) is 3.12. The minimum absolute atomic E-state index is 0.0762. The second kappa shape index (κ2) is 8.93. The van der Waals surface area contributed by atoms with E-state index in [4.69, 9.17) is 11.2 Å². The largest absolute Gasteiger partial charge is 0.573 e. The highest BCUT2D eigenvalue weighted by molar-refractivity contribution is 5.63. The summed E-state index contributed by atoms with van der Waals surface area (Å²) >= 11 is 0. The number of alkyl halides is 3. The van der Waals surface area contributed by atoms with Crippen molar-refractivity contribution in [2.24, 2.45) is 0 Å². The summed E-state index contributed by atoms with van der Waals surface area (Å²) in [6.45, 7) is 2.02. The number of pyridine rings is 1. The Labute approximate surface area is 171 Å². The van der Waals surface area contributed by atoms with E-state index in [0.29, 0.717) is 17.7 Å². The van der Waals surface area contributed by atoms with E-state index in [-0.39, 0.29) is 12.4 Å². The second-order valence-electron chi connectivity index (χ2n) is 6.30. The Morgan fingerprint density at radius 3 is 2.17 bits per heavy atom. The molecule has 3 rings (SSSR count). The summed E-state index contributed by atoms with van der Waals surface area (Å²) in [6.07, 6.45) is 7.56. The van der Waals surface area contributed by atoms with Gasteiger partial charge in [-0.05, 0) is 30.2 Å². The summed E-state index contributed by atoms with van der Waals surface area (Å²) in [4.78, 5) is 12.7. The lowest BCUT2D eigenvalue weighted by molar-refractivity contribution is -0.274. The number of aromatic nitrogens is 3. The maximum atomic E-state index is 12.3. The van der Waals surface area contributed by atoms with Crippen molar-refractivity contribution in [3.05, 3.63) is 72.6 Å². The Hall–Kier alpha value is -3.44. The lowest BCUT2D eigenvalue weighted by Crippen LogP contribution is -2.32. The molecule has 0 spiro atoms. The van der Waals surface area contributed by atoms with Crippen LogP contribution in [0.5, 0.6) is 5.75 Å². The number of halogens is 3. The molecule has 0 N–H and O–H groups in total. The molecule has 2 aromatic heterocycles. The van der Waals surface area contributed by atoms with Gasteiger partial charge in [0.25, 0.3) is 0 Å². The summed E-state index contributed by atoms with van der Waals surface area (Å²) in [5, 5.41) is 0. The standard InChI is InChI=1S/C22H18F3N3O2/c1-3-11-29-21(4-2,18-13-26-15-27-14-18)20-10-7-17(12-28-20)16-5-8-19(9-6-16)30-22(23,24)25/h1,5-10,12-15H,4,11H2,2H3. The molecule has 0 saturated heterocycles. The molecule has 0 aliphatic carbocycles. The van der Waals surface area contributed by atoms with Gasteiger partial charge in [-0.2, -0.15) is 0 Å². The van der Waals surface area contributed by atoms with Gasteiger partial charge in [-0.3, -0.25) is 4.98 Å². The van der Waals surface area contributed by atoms with Gasteiger partial charge in [-0.25, -0.2) is 9.97 Å². The van der Waals surface area contributed by atoms with Gasteiger partial charge in [0.05, 0.1) is 5.69 Å². The number of terminal acetylenes is 1. The van der Waals surface area contributed by atoms with Crippen LogP contribution in [0, 0.1) is 12.3 Å². The number of ether oxygens (including phenoxy) is 2. The molecular weight excluding hydrogens is 395 g/mol. The third-order valence-corrected chi connectivity index (χ3v) is 4.53. The highest BCUT2D eigenvalue weighted by atomic mass is 19.4. The lowest BCUT2D eigenvalue weighted by Gasteiger charge is -2.31. The Morgan fingerprint density at radius 1 is 0.967 bits per heavy atom. The van der Waals surface area contributed by atoms with Crippen molar-refractivity contribution in [1.82, 2.24) is 15.0 Å². The van der Waals surface area contributed by atoms with Gasteiger partial charge in [-0.1, -0.05) is 31.0 Å². The van der Waals surface area contributed by atoms with Gasteiger partial charge < -0.3 is 9.47 Å². The Bertz CT molecular complexity index is 1000. The van der Waals surface area contributed by atoms with Crippen LogP contribution < -0.4 is 4.74 Å². The molecule has 0 amide bonds. The molecule has 5 nitrogen and oxygen atoms in total. The number of hydrogen-bond donors (Lipinski definition) is 0. The van der Waals surface area contributed by atoms with E-state index in [9.17, 15) is 13.2 Å².